The van der Waals surface area contributed by atoms with Gasteiger partial charge in [-0.05, 0) is 30.7 Å². The van der Waals surface area contributed by atoms with Crippen LogP contribution in [0.15, 0.2) is 53.7 Å². The van der Waals surface area contributed by atoms with Crippen molar-refractivity contribution in [3.05, 3.63) is 76.5 Å². The molecule has 1 atom stereocenters. The number of aliphatic carboxylic acids is 1. The number of methoxy groups -OCH3 is 1. The lowest BCUT2D eigenvalue weighted by Crippen LogP contribution is -2.48. The van der Waals surface area contributed by atoms with Gasteiger partial charge in [0.15, 0.2) is 0 Å². The van der Waals surface area contributed by atoms with E-state index < -0.39 is 35.6 Å². The molecule has 0 saturated heterocycles. The molecule has 1 aliphatic rings. The topological polar surface area (TPSA) is 105 Å². The number of halogens is 2. The number of allylic oxidation sites excluding steroid dienone is 1. The van der Waals surface area contributed by atoms with Crippen LogP contribution in [0.5, 0.6) is 0 Å². The van der Waals surface area contributed by atoms with Crippen LogP contribution in [0.2, 0.25) is 0 Å². The molecule has 33 heavy (non-hydrogen) atoms. The van der Waals surface area contributed by atoms with Gasteiger partial charge in [0.05, 0.1) is 30.3 Å². The Morgan fingerprint density at radius 3 is 2.42 bits per heavy atom. The predicted octanol–water partition coefficient (Wildman–Crippen LogP) is 3.33. The van der Waals surface area contributed by atoms with E-state index in [4.69, 9.17) is 14.6 Å². The molecule has 0 aliphatic carbocycles. The highest BCUT2D eigenvalue weighted by Crippen LogP contribution is 2.35. The number of carbonyl (C=O) groups is 3. The Morgan fingerprint density at radius 1 is 1.12 bits per heavy atom. The third-order valence-corrected chi connectivity index (χ3v) is 5.05. The Morgan fingerprint density at radius 2 is 1.82 bits per heavy atom. The number of hydrogen-bond donors (Lipinski definition) is 2. The molecule has 174 valence electrons. The fraction of sp³-hybridized carbons (Fsp3) is 0.261. The number of amides is 2. The standard InChI is InChI=1S/C23H22F2N2O6/c1-13-20(22(30)33-10-9-32-2)21(17-8-5-15(24)12-18(17)25)26-23(31)27(13)16-6-3-14(4-7-16)11-19(28)29/h3-8,12,21H,9-11H2,1-2H3,(H,26,31)(H,28,29)/t21-/m1/s1. The smallest absolute Gasteiger partial charge is 0.338 e. The summed E-state index contributed by atoms with van der Waals surface area (Å²) in [5, 5.41) is 11.5. The van der Waals surface area contributed by atoms with Crippen LogP contribution in [-0.4, -0.2) is 43.4 Å². The van der Waals surface area contributed by atoms with E-state index in [0.29, 0.717) is 17.3 Å². The molecule has 0 aromatic heterocycles. The lowest BCUT2D eigenvalue weighted by molar-refractivity contribution is -0.141. The Balaban J connectivity index is 2.05. The van der Waals surface area contributed by atoms with Crippen molar-refractivity contribution < 1.29 is 37.7 Å². The van der Waals surface area contributed by atoms with E-state index in [1.165, 1.54) is 31.1 Å². The minimum absolute atomic E-state index is 0.0363. The highest BCUT2D eigenvalue weighted by Gasteiger charge is 2.38. The highest BCUT2D eigenvalue weighted by atomic mass is 19.1. The van der Waals surface area contributed by atoms with Crippen LogP contribution in [0.4, 0.5) is 19.3 Å². The van der Waals surface area contributed by atoms with Crippen LogP contribution in [0.25, 0.3) is 0 Å². The summed E-state index contributed by atoms with van der Waals surface area (Å²) in [6, 6.07) is 7.15. The van der Waals surface area contributed by atoms with Crippen molar-refractivity contribution in [2.45, 2.75) is 19.4 Å². The summed E-state index contributed by atoms with van der Waals surface area (Å²) in [6.45, 7) is 1.57. The first-order chi connectivity index (χ1) is 15.7. The number of urea groups is 1. The fourth-order valence-corrected chi connectivity index (χ4v) is 3.52. The van der Waals surface area contributed by atoms with Crippen LogP contribution >= 0.6 is 0 Å². The van der Waals surface area contributed by atoms with Crippen molar-refractivity contribution in [2.75, 3.05) is 25.2 Å². The highest BCUT2D eigenvalue weighted by molar-refractivity contribution is 6.03. The van der Waals surface area contributed by atoms with Crippen LogP contribution in [0.3, 0.4) is 0 Å². The summed E-state index contributed by atoms with van der Waals surface area (Å²) in [5.74, 6) is -3.53. The zero-order chi connectivity index (χ0) is 24.1. The van der Waals surface area contributed by atoms with Crippen molar-refractivity contribution in [1.82, 2.24) is 5.32 Å². The number of benzene rings is 2. The van der Waals surface area contributed by atoms with Crippen LogP contribution in [0.1, 0.15) is 24.1 Å². The molecule has 0 bridgehead atoms. The second-order valence-corrected chi connectivity index (χ2v) is 7.25. The maximum Gasteiger partial charge on any atom is 0.338 e. The van der Waals surface area contributed by atoms with Gasteiger partial charge in [-0.25, -0.2) is 18.4 Å². The lowest BCUT2D eigenvalue weighted by atomic mass is 9.94. The van der Waals surface area contributed by atoms with Crippen LogP contribution < -0.4 is 10.2 Å². The van der Waals surface area contributed by atoms with E-state index in [1.54, 1.807) is 12.1 Å². The summed E-state index contributed by atoms with van der Waals surface area (Å²) in [4.78, 5) is 38.0. The zero-order valence-electron chi connectivity index (χ0n) is 17.9. The minimum atomic E-state index is -1.21. The third-order valence-electron chi connectivity index (χ3n) is 5.05. The molecule has 0 saturated carbocycles. The van der Waals surface area contributed by atoms with E-state index in [9.17, 15) is 23.2 Å². The normalized spacial score (nSPS) is 15.9. The first-order valence-corrected chi connectivity index (χ1v) is 9.96. The summed E-state index contributed by atoms with van der Waals surface area (Å²) in [7, 11) is 1.44. The fourth-order valence-electron chi connectivity index (χ4n) is 3.52. The second-order valence-electron chi connectivity index (χ2n) is 7.25. The summed E-state index contributed by atoms with van der Waals surface area (Å²) in [6.07, 6.45) is -0.190. The van der Waals surface area contributed by atoms with Crippen molar-refractivity contribution in [3.8, 4) is 0 Å². The average molecular weight is 460 g/mol. The van der Waals surface area contributed by atoms with Gasteiger partial charge in [0, 0.05) is 24.4 Å². The Bertz CT molecular complexity index is 1100. The summed E-state index contributed by atoms with van der Waals surface area (Å²) in [5.41, 5.74) is 0.932. The zero-order valence-corrected chi connectivity index (χ0v) is 17.9. The number of hydrogen-bond acceptors (Lipinski definition) is 5. The van der Waals surface area contributed by atoms with Crippen molar-refractivity contribution in [3.63, 3.8) is 0 Å². The number of rotatable bonds is 8. The molecule has 8 nitrogen and oxygen atoms in total. The van der Waals surface area contributed by atoms with Gasteiger partial charge in [-0.2, -0.15) is 0 Å². The molecule has 0 unspecified atom stereocenters. The van der Waals surface area contributed by atoms with Gasteiger partial charge < -0.3 is 19.9 Å². The van der Waals surface area contributed by atoms with Gasteiger partial charge >= 0.3 is 18.0 Å². The molecule has 2 N–H and O–H groups in total. The first kappa shape index (κ1) is 23.9. The predicted molar refractivity (Wildman–Crippen MR) is 113 cm³/mol. The molecule has 2 aromatic carbocycles. The number of carboxylic acids is 1. The van der Waals surface area contributed by atoms with Gasteiger partial charge in [0.25, 0.3) is 0 Å². The maximum absolute atomic E-state index is 14.6. The molecule has 1 aliphatic heterocycles. The van der Waals surface area contributed by atoms with E-state index in [-0.39, 0.29) is 36.5 Å². The van der Waals surface area contributed by atoms with Crippen molar-refractivity contribution in [2.24, 2.45) is 0 Å². The molecule has 0 radical (unpaired) electrons. The Labute approximate surface area is 188 Å². The molecule has 2 amide bonds. The van der Waals surface area contributed by atoms with E-state index in [0.717, 1.165) is 12.1 Å². The summed E-state index contributed by atoms with van der Waals surface area (Å²) < 4.78 is 38.1. The Kier molecular flexibility index (Phi) is 7.39. The number of nitrogens with one attached hydrogen (secondary N) is 1. The second kappa shape index (κ2) is 10.2. The molecular formula is C23H22F2N2O6. The van der Waals surface area contributed by atoms with Crippen molar-refractivity contribution >= 4 is 23.7 Å². The third kappa shape index (κ3) is 5.35. The number of ether oxygens (including phenoxy) is 2. The first-order valence-electron chi connectivity index (χ1n) is 9.96. The number of nitrogens with zero attached hydrogens (tertiary/aromatic N) is 1. The van der Waals surface area contributed by atoms with Gasteiger partial charge in [0.1, 0.15) is 18.2 Å². The van der Waals surface area contributed by atoms with Crippen LogP contribution in [-0.2, 0) is 25.5 Å². The van der Waals surface area contributed by atoms with Crippen LogP contribution in [0, 0.1) is 11.6 Å². The molecular weight excluding hydrogens is 438 g/mol. The van der Waals surface area contributed by atoms with E-state index in [2.05, 4.69) is 5.32 Å². The number of carboxylic acid groups (broad SMARTS) is 1. The van der Waals surface area contributed by atoms with E-state index >= 15 is 0 Å². The monoisotopic (exact) mass is 460 g/mol. The van der Waals surface area contributed by atoms with Gasteiger partial charge in [-0.3, -0.25) is 9.69 Å². The van der Waals surface area contributed by atoms with Gasteiger partial charge in [0.2, 0.25) is 0 Å². The van der Waals surface area contributed by atoms with Crippen molar-refractivity contribution in [1.29, 1.82) is 0 Å². The lowest BCUT2D eigenvalue weighted by Gasteiger charge is -2.35. The van der Waals surface area contributed by atoms with Gasteiger partial charge in [-0.1, -0.05) is 18.2 Å². The number of esters is 1. The molecule has 1 heterocycles. The minimum Gasteiger partial charge on any atom is -0.481 e. The number of carbonyl (C=O) groups excluding carboxylic acids is 2. The average Bonchev–Trinajstić information content (AvgIpc) is 2.74. The molecule has 0 spiro atoms. The maximum atomic E-state index is 14.6. The van der Waals surface area contributed by atoms with E-state index in [1.807, 2.05) is 0 Å². The largest absolute Gasteiger partial charge is 0.481 e. The SMILES string of the molecule is COCCOC(=O)C1=C(C)N(c2ccc(CC(=O)O)cc2)C(=O)N[C@@H]1c1ccc(F)cc1F. The molecule has 10 heteroatoms. The molecule has 0 fully saturated rings. The summed E-state index contributed by atoms with van der Waals surface area (Å²) >= 11 is 0. The Hall–Kier alpha value is -3.79. The molecule has 2 aromatic rings. The number of anilines is 1. The molecule has 3 rings (SSSR count). The quantitative estimate of drug-likeness (QED) is 0.463. The van der Waals surface area contributed by atoms with Gasteiger partial charge in [-0.15, -0.1) is 0 Å².